The molecule has 2 aromatic rings. The van der Waals surface area contributed by atoms with Gasteiger partial charge in [-0.25, -0.2) is 0 Å². The Morgan fingerprint density at radius 1 is 1.21 bits per heavy atom. The first kappa shape index (κ1) is 16.8. The van der Waals surface area contributed by atoms with Gasteiger partial charge in [0.15, 0.2) is 0 Å². The van der Waals surface area contributed by atoms with Crippen molar-refractivity contribution in [3.63, 3.8) is 0 Å². The fourth-order valence-corrected chi connectivity index (χ4v) is 3.25. The zero-order valence-corrected chi connectivity index (χ0v) is 14.4. The van der Waals surface area contributed by atoms with Gasteiger partial charge in [0.1, 0.15) is 0 Å². The summed E-state index contributed by atoms with van der Waals surface area (Å²) >= 11 is 2.49. The molecule has 9 heteroatoms. The Morgan fingerprint density at radius 2 is 2.00 bits per heavy atom. The van der Waals surface area contributed by atoms with Crippen molar-refractivity contribution in [3.05, 3.63) is 30.2 Å². The van der Waals surface area contributed by atoms with Crippen molar-refractivity contribution < 1.29 is 14.0 Å². The number of carbonyl (C=O) groups is 2. The zero-order chi connectivity index (χ0) is 16.9. The summed E-state index contributed by atoms with van der Waals surface area (Å²) < 4.78 is 5.50. The molecule has 24 heavy (non-hydrogen) atoms. The Kier molecular flexibility index (Phi) is 5.41. The number of hydrogen-bond donors (Lipinski definition) is 2. The number of aromatic nitrogens is 2. The molecule has 3 rings (SSSR count). The van der Waals surface area contributed by atoms with Crippen molar-refractivity contribution in [2.24, 2.45) is 5.73 Å². The summed E-state index contributed by atoms with van der Waals surface area (Å²) in [5.41, 5.74) is 5.81. The third-order valence-electron chi connectivity index (χ3n) is 3.21. The van der Waals surface area contributed by atoms with E-state index in [9.17, 15) is 9.59 Å². The molecule has 2 amide bonds. The zero-order valence-electron chi connectivity index (χ0n) is 12.7. The molecule has 126 valence electrons. The van der Waals surface area contributed by atoms with E-state index >= 15 is 0 Å². The second kappa shape index (κ2) is 7.71. The average molecular weight is 364 g/mol. The van der Waals surface area contributed by atoms with Gasteiger partial charge in [-0.15, -0.1) is 22.0 Å². The van der Waals surface area contributed by atoms with Gasteiger partial charge >= 0.3 is 0 Å². The van der Waals surface area contributed by atoms with Crippen molar-refractivity contribution in [1.29, 1.82) is 0 Å². The molecule has 0 saturated heterocycles. The number of carbonyl (C=O) groups excluding carboxylic acids is 2. The Balaban J connectivity index is 1.53. The highest BCUT2D eigenvalue weighted by Crippen LogP contribution is 2.39. The number of para-hydroxylation sites is 1. The van der Waals surface area contributed by atoms with Gasteiger partial charge in [0.2, 0.25) is 17.7 Å². The summed E-state index contributed by atoms with van der Waals surface area (Å²) in [5.74, 6) is 0.799. The molecule has 1 aromatic heterocycles. The van der Waals surface area contributed by atoms with Crippen LogP contribution in [-0.4, -0.2) is 33.5 Å². The van der Waals surface area contributed by atoms with Crippen LogP contribution in [0.15, 0.2) is 38.8 Å². The monoisotopic (exact) mass is 364 g/mol. The highest BCUT2D eigenvalue weighted by atomic mass is 32.2. The number of hydrogen-bond acceptors (Lipinski definition) is 7. The minimum atomic E-state index is -0.403. The van der Waals surface area contributed by atoms with Crippen LogP contribution in [0.4, 0.5) is 5.69 Å². The first-order valence-electron chi connectivity index (χ1n) is 7.38. The second-order valence-corrected chi connectivity index (χ2v) is 7.21. The van der Waals surface area contributed by atoms with Crippen LogP contribution >= 0.6 is 23.5 Å². The average Bonchev–Trinajstić information content (AvgIpc) is 3.31. The molecular formula is C15H16N4O3S2. The van der Waals surface area contributed by atoms with E-state index in [0.717, 1.165) is 17.7 Å². The molecule has 7 nitrogen and oxygen atoms in total. The van der Waals surface area contributed by atoms with Crippen molar-refractivity contribution in [2.45, 2.75) is 28.9 Å². The highest BCUT2D eigenvalue weighted by Gasteiger charge is 2.29. The molecule has 0 unspecified atom stereocenters. The molecule has 0 bridgehead atoms. The van der Waals surface area contributed by atoms with Crippen molar-refractivity contribution in [3.8, 4) is 0 Å². The Hall–Kier alpha value is -2.00. The van der Waals surface area contributed by atoms with E-state index in [1.54, 1.807) is 6.07 Å². The maximum Gasteiger partial charge on any atom is 0.277 e. The molecule has 0 atom stereocenters. The topological polar surface area (TPSA) is 111 Å². The molecule has 3 N–H and O–H groups in total. The maximum absolute atomic E-state index is 12.1. The van der Waals surface area contributed by atoms with E-state index < -0.39 is 5.91 Å². The van der Waals surface area contributed by atoms with Gasteiger partial charge in [-0.05, 0) is 25.0 Å². The lowest BCUT2D eigenvalue weighted by atomic mass is 10.3. The lowest BCUT2D eigenvalue weighted by molar-refractivity contribution is -0.115. The number of benzene rings is 1. The molecule has 0 spiro atoms. The number of nitrogens with two attached hydrogens (primary N) is 1. The van der Waals surface area contributed by atoms with Gasteiger partial charge in [-0.1, -0.05) is 23.9 Å². The fourth-order valence-electron chi connectivity index (χ4n) is 1.93. The number of anilines is 1. The molecule has 1 fully saturated rings. The minimum Gasteiger partial charge on any atom is -0.416 e. The molecular weight excluding hydrogens is 348 g/mol. The SMILES string of the molecule is NC(=O)CSc1ccccc1NC(=O)CSc1nnc(C2CC2)o1. The lowest BCUT2D eigenvalue weighted by Crippen LogP contribution is -2.16. The smallest absolute Gasteiger partial charge is 0.277 e. The molecule has 1 heterocycles. The normalized spacial score (nSPS) is 13.7. The summed E-state index contributed by atoms with van der Waals surface area (Å²) in [6, 6.07) is 7.27. The summed E-state index contributed by atoms with van der Waals surface area (Å²) in [7, 11) is 0. The van der Waals surface area contributed by atoms with Gasteiger partial charge in [-0.2, -0.15) is 0 Å². The van der Waals surface area contributed by atoms with Crippen LogP contribution in [0, 0.1) is 0 Å². The third kappa shape index (κ3) is 4.75. The Labute approximate surface area is 147 Å². The van der Waals surface area contributed by atoms with Crippen LogP contribution in [0.5, 0.6) is 0 Å². The van der Waals surface area contributed by atoms with E-state index in [4.69, 9.17) is 10.2 Å². The number of amides is 2. The van der Waals surface area contributed by atoms with E-state index in [1.165, 1.54) is 23.5 Å². The van der Waals surface area contributed by atoms with Crippen LogP contribution in [0.2, 0.25) is 0 Å². The summed E-state index contributed by atoms with van der Waals surface area (Å²) in [6.45, 7) is 0. The van der Waals surface area contributed by atoms with Crippen LogP contribution in [0.25, 0.3) is 0 Å². The summed E-state index contributed by atoms with van der Waals surface area (Å²) in [5, 5.41) is 11.1. The van der Waals surface area contributed by atoms with Gasteiger partial charge in [0, 0.05) is 10.8 Å². The predicted molar refractivity (Wildman–Crippen MR) is 92.0 cm³/mol. The fraction of sp³-hybridized carbons (Fsp3) is 0.333. The van der Waals surface area contributed by atoms with Crippen LogP contribution < -0.4 is 11.1 Å². The standard InChI is InChI=1S/C15H16N4O3S2/c16-12(20)7-23-11-4-2-1-3-10(11)17-13(21)8-24-15-19-18-14(22-15)9-5-6-9/h1-4,9H,5-8H2,(H2,16,20)(H,17,21). The summed E-state index contributed by atoms with van der Waals surface area (Å²) in [6.07, 6.45) is 2.18. The van der Waals surface area contributed by atoms with Crippen molar-refractivity contribution in [2.75, 3.05) is 16.8 Å². The van der Waals surface area contributed by atoms with Gasteiger partial charge in [0.05, 0.1) is 17.2 Å². The Bertz CT molecular complexity index is 746. The summed E-state index contributed by atoms with van der Waals surface area (Å²) in [4.78, 5) is 23.8. The predicted octanol–water partition coefficient (Wildman–Crippen LogP) is 2.26. The number of nitrogens with one attached hydrogen (secondary N) is 1. The third-order valence-corrected chi connectivity index (χ3v) is 5.12. The van der Waals surface area contributed by atoms with Crippen molar-refractivity contribution in [1.82, 2.24) is 10.2 Å². The quantitative estimate of drug-likeness (QED) is 0.691. The minimum absolute atomic E-state index is 0.160. The van der Waals surface area contributed by atoms with Crippen LogP contribution in [-0.2, 0) is 9.59 Å². The van der Waals surface area contributed by atoms with Crippen molar-refractivity contribution >= 4 is 41.0 Å². The first-order chi connectivity index (χ1) is 11.6. The van der Waals surface area contributed by atoms with Crippen LogP contribution in [0.3, 0.4) is 0 Å². The van der Waals surface area contributed by atoms with Crippen LogP contribution in [0.1, 0.15) is 24.7 Å². The number of primary amides is 1. The Morgan fingerprint density at radius 3 is 2.75 bits per heavy atom. The van der Waals surface area contributed by atoms with Gasteiger partial charge in [-0.3, -0.25) is 9.59 Å². The highest BCUT2D eigenvalue weighted by molar-refractivity contribution is 8.00. The molecule has 1 aliphatic rings. The number of rotatable bonds is 8. The number of thioether (sulfide) groups is 2. The van der Waals surface area contributed by atoms with Gasteiger partial charge in [0.25, 0.3) is 5.22 Å². The maximum atomic E-state index is 12.1. The molecule has 1 saturated carbocycles. The molecule has 1 aliphatic carbocycles. The van der Waals surface area contributed by atoms with E-state index in [0.29, 0.717) is 22.7 Å². The number of nitrogens with zero attached hydrogens (tertiary/aromatic N) is 2. The van der Waals surface area contributed by atoms with E-state index in [2.05, 4.69) is 15.5 Å². The lowest BCUT2D eigenvalue weighted by Gasteiger charge is -2.09. The van der Waals surface area contributed by atoms with E-state index in [1.807, 2.05) is 18.2 Å². The first-order valence-corrected chi connectivity index (χ1v) is 9.35. The molecule has 0 radical (unpaired) electrons. The van der Waals surface area contributed by atoms with E-state index in [-0.39, 0.29) is 17.4 Å². The largest absolute Gasteiger partial charge is 0.416 e. The second-order valence-electron chi connectivity index (χ2n) is 5.27. The van der Waals surface area contributed by atoms with Gasteiger partial charge < -0.3 is 15.5 Å². The molecule has 0 aliphatic heterocycles. The molecule has 1 aromatic carbocycles.